The van der Waals surface area contributed by atoms with Crippen LogP contribution in [-0.4, -0.2) is 16.1 Å². The fourth-order valence-electron chi connectivity index (χ4n) is 2.28. The SMILES string of the molecule is C1=CC2=C(C=CC(C3SCCCS3)C=C2)C1. The minimum atomic E-state index is 0.620. The third kappa shape index (κ3) is 2.18. The Kier molecular flexibility index (Phi) is 3.30. The molecule has 1 aliphatic heterocycles. The summed E-state index contributed by atoms with van der Waals surface area (Å²) in [6.45, 7) is 0. The maximum Gasteiger partial charge on any atom is 0.0599 e. The van der Waals surface area contributed by atoms with Crippen molar-refractivity contribution >= 4 is 23.5 Å². The van der Waals surface area contributed by atoms with Crippen molar-refractivity contribution in [2.24, 2.45) is 5.92 Å². The van der Waals surface area contributed by atoms with Gasteiger partial charge >= 0.3 is 0 Å². The van der Waals surface area contributed by atoms with Gasteiger partial charge in [0.05, 0.1) is 4.58 Å². The molecule has 2 heteroatoms. The minimum Gasteiger partial charge on any atom is -0.147 e. The van der Waals surface area contributed by atoms with Crippen LogP contribution in [0, 0.1) is 5.92 Å². The first kappa shape index (κ1) is 10.8. The van der Waals surface area contributed by atoms with Gasteiger partial charge in [-0.15, -0.1) is 23.5 Å². The molecule has 2 aliphatic carbocycles. The molecule has 0 aromatic rings. The summed E-state index contributed by atoms with van der Waals surface area (Å²) in [5, 5.41) is 0. The maximum atomic E-state index is 2.40. The van der Waals surface area contributed by atoms with E-state index < -0.39 is 0 Å². The summed E-state index contributed by atoms with van der Waals surface area (Å²) < 4.78 is 0.741. The van der Waals surface area contributed by atoms with E-state index in [-0.39, 0.29) is 0 Å². The van der Waals surface area contributed by atoms with Gasteiger partial charge in [0.15, 0.2) is 0 Å². The topological polar surface area (TPSA) is 0 Å². The van der Waals surface area contributed by atoms with Gasteiger partial charge in [-0.1, -0.05) is 36.5 Å². The third-order valence-corrected chi connectivity index (χ3v) is 6.34. The molecule has 0 saturated carbocycles. The van der Waals surface area contributed by atoms with Crippen molar-refractivity contribution in [3.05, 3.63) is 47.6 Å². The molecule has 0 aromatic heterocycles. The normalized spacial score (nSPS) is 29.6. The Bertz CT molecular complexity index is 382. The number of hydrogen-bond donors (Lipinski definition) is 0. The molecule has 16 heavy (non-hydrogen) atoms. The van der Waals surface area contributed by atoms with Crippen LogP contribution in [0.2, 0.25) is 0 Å². The smallest absolute Gasteiger partial charge is 0.0599 e. The van der Waals surface area contributed by atoms with Gasteiger partial charge in [-0.2, -0.15) is 0 Å². The highest BCUT2D eigenvalue weighted by molar-refractivity contribution is 8.17. The van der Waals surface area contributed by atoms with Gasteiger partial charge in [0.25, 0.3) is 0 Å². The van der Waals surface area contributed by atoms with Crippen molar-refractivity contribution in [1.82, 2.24) is 0 Å². The zero-order valence-electron chi connectivity index (χ0n) is 9.26. The van der Waals surface area contributed by atoms with E-state index in [9.17, 15) is 0 Å². The monoisotopic (exact) mass is 248 g/mol. The van der Waals surface area contributed by atoms with E-state index in [0.717, 1.165) is 11.0 Å². The van der Waals surface area contributed by atoms with Crippen molar-refractivity contribution in [1.29, 1.82) is 0 Å². The van der Waals surface area contributed by atoms with Gasteiger partial charge in [0.2, 0.25) is 0 Å². The van der Waals surface area contributed by atoms with E-state index in [1.165, 1.54) is 29.1 Å². The van der Waals surface area contributed by atoms with Crippen LogP contribution in [-0.2, 0) is 0 Å². The van der Waals surface area contributed by atoms with Crippen molar-refractivity contribution in [2.45, 2.75) is 17.4 Å². The van der Waals surface area contributed by atoms with Gasteiger partial charge in [0, 0.05) is 5.92 Å². The second-order valence-electron chi connectivity index (χ2n) is 4.35. The highest BCUT2D eigenvalue weighted by atomic mass is 32.2. The number of allylic oxidation sites excluding steroid dienone is 8. The van der Waals surface area contributed by atoms with Crippen LogP contribution in [0.3, 0.4) is 0 Å². The molecule has 84 valence electrons. The Morgan fingerprint density at radius 1 is 1.00 bits per heavy atom. The molecular weight excluding hydrogens is 232 g/mol. The summed E-state index contributed by atoms with van der Waals surface area (Å²) in [6.07, 6.45) is 16.5. The average Bonchev–Trinajstić information content (AvgIpc) is 2.70. The predicted molar refractivity (Wildman–Crippen MR) is 75.9 cm³/mol. The van der Waals surface area contributed by atoms with E-state index in [4.69, 9.17) is 0 Å². The first-order chi connectivity index (χ1) is 7.93. The molecular formula is C14H16S2. The summed E-state index contributed by atoms with van der Waals surface area (Å²) in [6, 6.07) is 0. The number of rotatable bonds is 1. The first-order valence-electron chi connectivity index (χ1n) is 5.93. The van der Waals surface area contributed by atoms with Crippen LogP contribution in [0.15, 0.2) is 47.6 Å². The van der Waals surface area contributed by atoms with Crippen molar-refractivity contribution in [3.63, 3.8) is 0 Å². The number of hydrogen-bond acceptors (Lipinski definition) is 2. The number of thioether (sulfide) groups is 2. The van der Waals surface area contributed by atoms with E-state index in [0.29, 0.717) is 5.92 Å². The lowest BCUT2D eigenvalue weighted by Crippen LogP contribution is -2.14. The van der Waals surface area contributed by atoms with Crippen LogP contribution < -0.4 is 0 Å². The highest BCUT2D eigenvalue weighted by Crippen LogP contribution is 2.38. The molecule has 1 fully saturated rings. The van der Waals surface area contributed by atoms with Crippen molar-refractivity contribution < 1.29 is 0 Å². The standard InChI is InChI=1S/C14H16S2/c1-3-11-5-7-13(8-6-12(11)4-1)14-15-9-2-10-16-14/h1,3,5-8,13-14H,2,4,9-10H2. The Morgan fingerprint density at radius 3 is 2.69 bits per heavy atom. The molecule has 0 aromatic carbocycles. The molecule has 1 saturated heterocycles. The van der Waals surface area contributed by atoms with Crippen molar-refractivity contribution in [2.75, 3.05) is 11.5 Å². The van der Waals surface area contributed by atoms with Gasteiger partial charge in [-0.3, -0.25) is 0 Å². The van der Waals surface area contributed by atoms with E-state index in [1.54, 1.807) is 0 Å². The van der Waals surface area contributed by atoms with Gasteiger partial charge in [0.1, 0.15) is 0 Å². The van der Waals surface area contributed by atoms with Gasteiger partial charge in [-0.25, -0.2) is 0 Å². The van der Waals surface area contributed by atoms with E-state index in [1.807, 2.05) is 0 Å². The molecule has 1 atom stereocenters. The Labute approximate surface area is 106 Å². The summed E-state index contributed by atoms with van der Waals surface area (Å²) in [4.78, 5) is 0. The molecule has 3 rings (SSSR count). The molecule has 0 spiro atoms. The lowest BCUT2D eigenvalue weighted by atomic mass is 10.1. The summed E-state index contributed by atoms with van der Waals surface area (Å²) in [5.41, 5.74) is 2.91. The largest absolute Gasteiger partial charge is 0.147 e. The average molecular weight is 248 g/mol. The minimum absolute atomic E-state index is 0.620. The third-order valence-electron chi connectivity index (χ3n) is 3.19. The second kappa shape index (κ2) is 4.89. The van der Waals surface area contributed by atoms with Crippen LogP contribution in [0.4, 0.5) is 0 Å². The zero-order valence-corrected chi connectivity index (χ0v) is 10.9. The Balaban J connectivity index is 1.75. The summed E-state index contributed by atoms with van der Waals surface area (Å²) >= 11 is 4.26. The summed E-state index contributed by atoms with van der Waals surface area (Å²) in [5.74, 6) is 3.29. The fraction of sp³-hybridized carbons (Fsp3) is 0.429. The fourth-order valence-corrected chi connectivity index (χ4v) is 5.32. The lowest BCUT2D eigenvalue weighted by molar-refractivity contribution is 0.900. The lowest BCUT2D eigenvalue weighted by Gasteiger charge is -2.25. The molecule has 0 N–H and O–H groups in total. The molecule has 0 bridgehead atoms. The highest BCUT2D eigenvalue weighted by Gasteiger charge is 2.22. The molecule has 3 aliphatic rings. The molecule has 1 heterocycles. The second-order valence-corrected chi connectivity index (χ2v) is 7.14. The van der Waals surface area contributed by atoms with Gasteiger partial charge in [-0.05, 0) is 35.5 Å². The van der Waals surface area contributed by atoms with Crippen molar-refractivity contribution in [3.8, 4) is 0 Å². The molecule has 0 amide bonds. The molecule has 0 radical (unpaired) electrons. The molecule has 0 nitrogen and oxygen atoms in total. The summed E-state index contributed by atoms with van der Waals surface area (Å²) in [7, 11) is 0. The Hall–Kier alpha value is -0.340. The predicted octanol–water partition coefficient (Wildman–Crippen LogP) is 4.18. The van der Waals surface area contributed by atoms with Crippen LogP contribution in [0.1, 0.15) is 12.8 Å². The van der Waals surface area contributed by atoms with E-state index >= 15 is 0 Å². The first-order valence-corrected chi connectivity index (χ1v) is 8.02. The van der Waals surface area contributed by atoms with Crippen LogP contribution in [0.5, 0.6) is 0 Å². The molecule has 1 unspecified atom stereocenters. The van der Waals surface area contributed by atoms with E-state index in [2.05, 4.69) is 60.0 Å². The maximum absolute atomic E-state index is 2.40. The van der Waals surface area contributed by atoms with Crippen LogP contribution >= 0.6 is 23.5 Å². The Morgan fingerprint density at radius 2 is 1.81 bits per heavy atom. The van der Waals surface area contributed by atoms with Crippen LogP contribution in [0.25, 0.3) is 0 Å². The van der Waals surface area contributed by atoms with Gasteiger partial charge < -0.3 is 0 Å². The quantitative estimate of drug-likeness (QED) is 0.682. The zero-order chi connectivity index (χ0) is 10.8.